The number of likely N-dealkylation sites (N-methyl/N-ethyl adjacent to an activating group) is 1. The van der Waals surface area contributed by atoms with Crippen LogP contribution in [0.3, 0.4) is 0 Å². The fourth-order valence-electron chi connectivity index (χ4n) is 3.84. The summed E-state index contributed by atoms with van der Waals surface area (Å²) in [6.07, 6.45) is 1.22. The molecule has 1 atom stereocenters. The number of piperazine rings is 2. The van der Waals surface area contributed by atoms with E-state index in [1.54, 1.807) is 8.61 Å². The Morgan fingerprint density at radius 2 is 1.52 bits per heavy atom. The molecule has 3 fully saturated rings. The highest BCUT2D eigenvalue weighted by molar-refractivity contribution is 7.86. The molecular weight excluding hydrogens is 314 g/mol. The molecule has 23 heavy (non-hydrogen) atoms. The average Bonchev–Trinajstić information content (AvgIpc) is 2.94. The Morgan fingerprint density at radius 1 is 0.957 bits per heavy atom. The van der Waals surface area contributed by atoms with Crippen molar-refractivity contribution >= 4 is 10.2 Å². The SMILES string of the molecule is CN1CCN(S(=O)(=O)N2CCN(CC3(C)CCNC3)CC2)CC1. The van der Waals surface area contributed by atoms with Crippen LogP contribution in [-0.2, 0) is 10.2 Å². The minimum Gasteiger partial charge on any atom is -0.316 e. The molecule has 0 spiro atoms. The molecule has 1 unspecified atom stereocenters. The smallest absolute Gasteiger partial charge is 0.282 e. The van der Waals surface area contributed by atoms with Gasteiger partial charge in [-0.3, -0.25) is 0 Å². The second-order valence-electron chi connectivity index (χ2n) is 7.62. The van der Waals surface area contributed by atoms with Crippen molar-refractivity contribution in [2.75, 3.05) is 79.0 Å². The van der Waals surface area contributed by atoms with Crippen LogP contribution < -0.4 is 5.32 Å². The van der Waals surface area contributed by atoms with Crippen LogP contribution >= 0.6 is 0 Å². The van der Waals surface area contributed by atoms with E-state index < -0.39 is 10.2 Å². The van der Waals surface area contributed by atoms with E-state index >= 15 is 0 Å². The Balaban J connectivity index is 1.51. The summed E-state index contributed by atoms with van der Waals surface area (Å²) in [4.78, 5) is 4.61. The van der Waals surface area contributed by atoms with Gasteiger partial charge >= 0.3 is 0 Å². The highest BCUT2D eigenvalue weighted by atomic mass is 32.2. The van der Waals surface area contributed by atoms with E-state index in [1.807, 2.05) is 7.05 Å². The van der Waals surface area contributed by atoms with Crippen molar-refractivity contribution in [2.45, 2.75) is 13.3 Å². The van der Waals surface area contributed by atoms with E-state index in [2.05, 4.69) is 22.0 Å². The maximum Gasteiger partial charge on any atom is 0.282 e. The summed E-state index contributed by atoms with van der Waals surface area (Å²) < 4.78 is 28.9. The largest absolute Gasteiger partial charge is 0.316 e. The molecule has 0 radical (unpaired) electrons. The molecular formula is C15H31N5O2S. The molecule has 3 saturated heterocycles. The van der Waals surface area contributed by atoms with Crippen LogP contribution in [0, 0.1) is 5.41 Å². The molecule has 0 aromatic carbocycles. The molecule has 1 N–H and O–H groups in total. The molecule has 3 aliphatic rings. The molecule has 0 aromatic heterocycles. The van der Waals surface area contributed by atoms with Crippen molar-refractivity contribution in [1.29, 1.82) is 0 Å². The molecule has 3 rings (SSSR count). The molecule has 0 aromatic rings. The number of nitrogens with one attached hydrogen (secondary N) is 1. The zero-order valence-electron chi connectivity index (χ0n) is 14.5. The van der Waals surface area contributed by atoms with Gasteiger partial charge in [-0.25, -0.2) is 0 Å². The second kappa shape index (κ2) is 6.93. The summed E-state index contributed by atoms with van der Waals surface area (Å²) in [6.45, 7) is 11.4. The maximum atomic E-state index is 12.8. The lowest BCUT2D eigenvalue weighted by Gasteiger charge is -2.40. The molecule has 7 nitrogen and oxygen atoms in total. The van der Waals surface area contributed by atoms with Crippen molar-refractivity contribution in [2.24, 2.45) is 5.41 Å². The monoisotopic (exact) mass is 345 g/mol. The highest BCUT2D eigenvalue weighted by Crippen LogP contribution is 2.26. The molecule has 0 aliphatic carbocycles. The van der Waals surface area contributed by atoms with Crippen molar-refractivity contribution in [3.05, 3.63) is 0 Å². The van der Waals surface area contributed by atoms with Crippen molar-refractivity contribution in [3.8, 4) is 0 Å². The summed E-state index contributed by atoms with van der Waals surface area (Å²) >= 11 is 0. The van der Waals surface area contributed by atoms with Gasteiger partial charge in [0.05, 0.1) is 0 Å². The molecule has 3 heterocycles. The third-order valence-corrected chi connectivity index (χ3v) is 7.54. The molecule has 8 heteroatoms. The van der Waals surface area contributed by atoms with Crippen molar-refractivity contribution in [3.63, 3.8) is 0 Å². The van der Waals surface area contributed by atoms with Crippen molar-refractivity contribution in [1.82, 2.24) is 23.7 Å². The van der Waals surface area contributed by atoms with E-state index in [-0.39, 0.29) is 0 Å². The van der Waals surface area contributed by atoms with E-state index in [0.29, 0.717) is 31.6 Å². The van der Waals surface area contributed by atoms with Gasteiger partial charge in [-0.15, -0.1) is 0 Å². The quantitative estimate of drug-likeness (QED) is 0.715. The van der Waals surface area contributed by atoms with Gasteiger partial charge < -0.3 is 15.1 Å². The highest BCUT2D eigenvalue weighted by Gasteiger charge is 2.36. The second-order valence-corrected chi connectivity index (χ2v) is 9.55. The third-order valence-electron chi connectivity index (χ3n) is 5.51. The number of hydrogen-bond donors (Lipinski definition) is 1. The lowest BCUT2D eigenvalue weighted by Crippen LogP contribution is -2.57. The first-order valence-corrected chi connectivity index (χ1v) is 10.2. The van der Waals surface area contributed by atoms with Gasteiger partial charge in [-0.1, -0.05) is 6.92 Å². The van der Waals surface area contributed by atoms with Gasteiger partial charge in [0.15, 0.2) is 0 Å². The summed E-state index contributed by atoms with van der Waals surface area (Å²) in [5.74, 6) is 0. The standard InChI is InChI=1S/C15H31N5O2S/c1-15(3-4-16-13-15)14-18-7-11-20(12-8-18)23(21,22)19-9-5-17(2)6-10-19/h16H,3-14H2,1-2H3. The van der Waals surface area contributed by atoms with Gasteiger partial charge in [-0.05, 0) is 25.4 Å². The topological polar surface area (TPSA) is 59.1 Å². The molecule has 0 bridgehead atoms. The van der Waals surface area contributed by atoms with Crippen LogP contribution in [0.5, 0.6) is 0 Å². The van der Waals surface area contributed by atoms with E-state index in [4.69, 9.17) is 0 Å². The Hall–Kier alpha value is -0.250. The number of nitrogens with zero attached hydrogens (tertiary/aromatic N) is 4. The van der Waals surface area contributed by atoms with Gasteiger partial charge in [0.25, 0.3) is 10.2 Å². The summed E-state index contributed by atoms with van der Waals surface area (Å²) in [6, 6.07) is 0. The molecule has 134 valence electrons. The van der Waals surface area contributed by atoms with E-state index in [1.165, 1.54) is 6.42 Å². The minimum absolute atomic E-state index is 0.346. The van der Waals surface area contributed by atoms with Gasteiger partial charge in [0.2, 0.25) is 0 Å². The summed E-state index contributed by atoms with van der Waals surface area (Å²) in [7, 11) is -1.23. The normalized spacial score (nSPS) is 33.3. The van der Waals surface area contributed by atoms with Crippen LogP contribution in [0.2, 0.25) is 0 Å². The fraction of sp³-hybridized carbons (Fsp3) is 1.00. The first-order valence-electron chi connectivity index (χ1n) is 8.76. The van der Waals surface area contributed by atoms with E-state index in [9.17, 15) is 8.42 Å². The van der Waals surface area contributed by atoms with Crippen LogP contribution in [0.1, 0.15) is 13.3 Å². The van der Waals surface area contributed by atoms with Crippen LogP contribution in [0.4, 0.5) is 0 Å². The predicted molar refractivity (Wildman–Crippen MR) is 91.6 cm³/mol. The van der Waals surface area contributed by atoms with E-state index in [0.717, 1.165) is 45.8 Å². The number of rotatable bonds is 4. The lowest BCUT2D eigenvalue weighted by atomic mass is 9.89. The summed E-state index contributed by atoms with van der Waals surface area (Å²) in [5, 5.41) is 3.44. The first kappa shape index (κ1) is 17.6. The molecule has 3 aliphatic heterocycles. The van der Waals surface area contributed by atoms with Crippen LogP contribution in [0.15, 0.2) is 0 Å². The van der Waals surface area contributed by atoms with Gasteiger partial charge in [0.1, 0.15) is 0 Å². The zero-order valence-corrected chi connectivity index (χ0v) is 15.3. The lowest BCUT2D eigenvalue weighted by molar-refractivity contribution is 0.126. The number of hydrogen-bond acceptors (Lipinski definition) is 5. The molecule has 0 saturated carbocycles. The van der Waals surface area contributed by atoms with Gasteiger partial charge in [-0.2, -0.15) is 17.0 Å². The Labute approximate surface area is 140 Å². The Kier molecular flexibility index (Phi) is 5.30. The average molecular weight is 346 g/mol. The maximum absolute atomic E-state index is 12.8. The van der Waals surface area contributed by atoms with Gasteiger partial charge in [0, 0.05) is 65.4 Å². The Morgan fingerprint density at radius 3 is 2.04 bits per heavy atom. The molecule has 0 amide bonds. The minimum atomic E-state index is -3.27. The fourth-order valence-corrected chi connectivity index (χ4v) is 5.42. The van der Waals surface area contributed by atoms with Crippen LogP contribution in [-0.4, -0.2) is 106 Å². The first-order chi connectivity index (χ1) is 10.9. The Bertz CT molecular complexity index is 490. The zero-order chi connectivity index (χ0) is 16.5. The van der Waals surface area contributed by atoms with Crippen molar-refractivity contribution < 1.29 is 8.42 Å². The third kappa shape index (κ3) is 4.05. The van der Waals surface area contributed by atoms with Crippen LogP contribution in [0.25, 0.3) is 0 Å². The predicted octanol–water partition coefficient (Wildman–Crippen LogP) is -0.904. The summed E-state index contributed by atoms with van der Waals surface area (Å²) in [5.41, 5.74) is 0.346.